The van der Waals surface area contributed by atoms with E-state index in [1.54, 1.807) is 0 Å². The molecular formula is C15H25N3O2. The second-order valence-corrected chi connectivity index (χ2v) is 6.22. The predicted molar refractivity (Wildman–Crippen MR) is 77.9 cm³/mol. The quantitative estimate of drug-likeness (QED) is 0.723. The van der Waals surface area contributed by atoms with Gasteiger partial charge in [0.05, 0.1) is 0 Å². The number of carbonyl (C=O) groups is 2. The van der Waals surface area contributed by atoms with Crippen LogP contribution in [-0.2, 0) is 4.79 Å². The van der Waals surface area contributed by atoms with E-state index in [4.69, 9.17) is 5.73 Å². The molecule has 3 amide bonds. The van der Waals surface area contributed by atoms with Crippen LogP contribution in [0.3, 0.4) is 0 Å². The summed E-state index contributed by atoms with van der Waals surface area (Å²) in [4.78, 5) is 24.9. The number of primary amides is 1. The predicted octanol–water partition coefficient (Wildman–Crippen LogP) is 1.49. The monoisotopic (exact) mass is 279 g/mol. The fourth-order valence-corrected chi connectivity index (χ4v) is 3.39. The van der Waals surface area contributed by atoms with Crippen molar-refractivity contribution in [2.24, 2.45) is 23.5 Å². The molecule has 0 aromatic heterocycles. The number of nitrogens with zero attached hydrogens (tertiary/aromatic N) is 1. The molecule has 0 unspecified atom stereocenters. The third-order valence-electron chi connectivity index (χ3n) is 4.43. The second kappa shape index (κ2) is 6.29. The Morgan fingerprint density at radius 3 is 2.60 bits per heavy atom. The van der Waals surface area contributed by atoms with Crippen LogP contribution < -0.4 is 11.1 Å². The molecule has 0 spiro atoms. The average molecular weight is 279 g/mol. The van der Waals surface area contributed by atoms with E-state index in [0.717, 1.165) is 12.5 Å². The Labute approximate surface area is 120 Å². The number of hydrogen-bond donors (Lipinski definition) is 2. The first-order valence-electron chi connectivity index (χ1n) is 7.48. The number of fused-ring (bicyclic) bond motifs is 2. The average Bonchev–Trinajstić information content (AvgIpc) is 2.96. The number of allylic oxidation sites excluding steroid dienone is 2. The molecule has 5 nitrogen and oxygen atoms in total. The van der Waals surface area contributed by atoms with Gasteiger partial charge < -0.3 is 16.0 Å². The molecule has 0 aromatic rings. The van der Waals surface area contributed by atoms with Crippen LogP contribution in [0.5, 0.6) is 0 Å². The van der Waals surface area contributed by atoms with E-state index in [1.807, 2.05) is 18.7 Å². The summed E-state index contributed by atoms with van der Waals surface area (Å²) in [5, 5.41) is 2.47. The van der Waals surface area contributed by atoms with E-state index in [2.05, 4.69) is 17.5 Å². The molecule has 2 aliphatic rings. The van der Waals surface area contributed by atoms with Crippen LogP contribution in [0.4, 0.5) is 4.79 Å². The summed E-state index contributed by atoms with van der Waals surface area (Å²) < 4.78 is 0. The van der Waals surface area contributed by atoms with Gasteiger partial charge in [0.1, 0.15) is 0 Å². The highest BCUT2D eigenvalue weighted by atomic mass is 16.2. The van der Waals surface area contributed by atoms with Crippen molar-refractivity contribution in [2.75, 3.05) is 13.1 Å². The van der Waals surface area contributed by atoms with Crippen molar-refractivity contribution in [3.8, 4) is 0 Å². The van der Waals surface area contributed by atoms with Gasteiger partial charge in [-0.15, -0.1) is 0 Å². The molecule has 112 valence electrons. The summed E-state index contributed by atoms with van der Waals surface area (Å²) in [7, 11) is 0. The Kier molecular flexibility index (Phi) is 4.68. The summed E-state index contributed by atoms with van der Waals surface area (Å²) >= 11 is 0. The van der Waals surface area contributed by atoms with Gasteiger partial charge in [-0.05, 0) is 44.4 Å². The number of nitrogens with two attached hydrogens (primary N) is 1. The van der Waals surface area contributed by atoms with Crippen molar-refractivity contribution in [3.63, 3.8) is 0 Å². The molecular weight excluding hydrogens is 254 g/mol. The molecule has 0 saturated heterocycles. The summed E-state index contributed by atoms with van der Waals surface area (Å²) in [5.41, 5.74) is 5.01. The third kappa shape index (κ3) is 3.52. The first-order chi connectivity index (χ1) is 9.47. The zero-order valence-corrected chi connectivity index (χ0v) is 12.3. The van der Waals surface area contributed by atoms with E-state index >= 15 is 0 Å². The van der Waals surface area contributed by atoms with Crippen molar-refractivity contribution < 1.29 is 9.59 Å². The van der Waals surface area contributed by atoms with Crippen LogP contribution in [0.2, 0.25) is 0 Å². The van der Waals surface area contributed by atoms with Gasteiger partial charge in [0, 0.05) is 25.6 Å². The van der Waals surface area contributed by atoms with Crippen molar-refractivity contribution in [1.29, 1.82) is 0 Å². The summed E-state index contributed by atoms with van der Waals surface area (Å²) in [5.74, 6) is 2.07. The molecule has 3 N–H and O–H groups in total. The lowest BCUT2D eigenvalue weighted by molar-refractivity contribution is -0.133. The minimum absolute atomic E-state index is 0.0977. The van der Waals surface area contributed by atoms with E-state index in [-0.39, 0.29) is 11.9 Å². The molecule has 2 rings (SSSR count). The van der Waals surface area contributed by atoms with E-state index in [0.29, 0.717) is 24.8 Å². The van der Waals surface area contributed by atoms with Gasteiger partial charge in [0.25, 0.3) is 0 Å². The minimum atomic E-state index is -0.577. The molecule has 0 aromatic carbocycles. The number of nitrogens with one attached hydrogen (secondary N) is 1. The fourth-order valence-electron chi connectivity index (χ4n) is 3.39. The smallest absolute Gasteiger partial charge is 0.312 e. The highest BCUT2D eigenvalue weighted by Gasteiger charge is 2.37. The molecule has 3 atom stereocenters. The Hall–Kier alpha value is -1.52. The maximum Gasteiger partial charge on any atom is 0.312 e. The van der Waals surface area contributed by atoms with Gasteiger partial charge in [0.2, 0.25) is 5.91 Å². The van der Waals surface area contributed by atoms with Crippen molar-refractivity contribution in [3.05, 3.63) is 12.2 Å². The molecule has 20 heavy (non-hydrogen) atoms. The molecule has 0 heterocycles. The van der Waals surface area contributed by atoms with Crippen molar-refractivity contribution in [1.82, 2.24) is 10.2 Å². The molecule has 2 aliphatic carbocycles. The van der Waals surface area contributed by atoms with Crippen molar-refractivity contribution in [2.45, 2.75) is 39.2 Å². The largest absolute Gasteiger partial charge is 0.352 e. The maximum absolute atomic E-state index is 12.3. The Morgan fingerprint density at radius 1 is 1.35 bits per heavy atom. The van der Waals surface area contributed by atoms with E-state index in [9.17, 15) is 9.59 Å². The van der Waals surface area contributed by atoms with Crippen LogP contribution in [0.1, 0.15) is 33.1 Å². The third-order valence-corrected chi connectivity index (χ3v) is 4.43. The van der Waals surface area contributed by atoms with Gasteiger partial charge >= 0.3 is 6.03 Å². The number of amides is 3. The van der Waals surface area contributed by atoms with Crippen LogP contribution in [0, 0.1) is 17.8 Å². The number of rotatable bonds is 6. The molecule has 2 bridgehead atoms. The summed E-state index contributed by atoms with van der Waals surface area (Å²) in [6, 6.07) is -0.383. The molecule has 1 fully saturated rings. The topological polar surface area (TPSA) is 75.4 Å². The van der Waals surface area contributed by atoms with Crippen LogP contribution in [0.15, 0.2) is 12.2 Å². The first-order valence-corrected chi connectivity index (χ1v) is 7.48. The lowest BCUT2D eigenvalue weighted by atomic mass is 9.92. The van der Waals surface area contributed by atoms with Crippen LogP contribution >= 0.6 is 0 Å². The molecule has 0 radical (unpaired) electrons. The Morgan fingerprint density at radius 2 is 2.10 bits per heavy atom. The number of carbonyl (C=O) groups excluding carboxylic acids is 2. The van der Waals surface area contributed by atoms with Gasteiger partial charge in [-0.2, -0.15) is 0 Å². The Bertz CT molecular complexity index is 406. The highest BCUT2D eigenvalue weighted by Crippen LogP contribution is 2.43. The Balaban J connectivity index is 1.85. The van der Waals surface area contributed by atoms with E-state index in [1.165, 1.54) is 12.8 Å². The van der Waals surface area contributed by atoms with Crippen molar-refractivity contribution >= 4 is 11.9 Å². The number of urea groups is 1. The van der Waals surface area contributed by atoms with Gasteiger partial charge in [-0.1, -0.05) is 12.2 Å². The fraction of sp³-hybridized carbons (Fsp3) is 0.733. The van der Waals surface area contributed by atoms with Gasteiger partial charge in [-0.25, -0.2) is 4.79 Å². The minimum Gasteiger partial charge on any atom is -0.352 e. The zero-order valence-electron chi connectivity index (χ0n) is 12.3. The first kappa shape index (κ1) is 14.9. The summed E-state index contributed by atoms with van der Waals surface area (Å²) in [6.07, 6.45) is 7.42. The van der Waals surface area contributed by atoms with Gasteiger partial charge in [-0.3, -0.25) is 4.79 Å². The molecule has 0 aliphatic heterocycles. The lowest BCUT2D eigenvalue weighted by Gasteiger charge is -2.32. The highest BCUT2D eigenvalue weighted by molar-refractivity contribution is 5.78. The second-order valence-electron chi connectivity index (χ2n) is 6.22. The lowest BCUT2D eigenvalue weighted by Crippen LogP contribution is -2.43. The molecule has 5 heteroatoms. The van der Waals surface area contributed by atoms with Gasteiger partial charge in [0.15, 0.2) is 0 Å². The SMILES string of the molecule is CC(C)N(C[C@@H]1C[C@H]2C=C[C@H]1C2)C(=O)CCNC(N)=O. The molecule has 1 saturated carbocycles. The van der Waals surface area contributed by atoms with E-state index < -0.39 is 6.03 Å². The zero-order chi connectivity index (χ0) is 14.7. The van der Waals surface area contributed by atoms with Crippen LogP contribution in [-0.4, -0.2) is 36.0 Å². The summed E-state index contributed by atoms with van der Waals surface area (Å²) in [6.45, 7) is 5.23. The standard InChI is InChI=1S/C15H25N3O2/c1-10(2)18(14(19)5-6-17-15(16)20)9-13-8-11-3-4-12(13)7-11/h3-4,10-13H,5-9H2,1-2H3,(H3,16,17,20)/t11-,12-,13-/m0/s1. The normalized spacial score (nSPS) is 27.1. The maximum atomic E-state index is 12.3. The van der Waals surface area contributed by atoms with Crippen LogP contribution in [0.25, 0.3) is 0 Å². The number of hydrogen-bond acceptors (Lipinski definition) is 2.